The van der Waals surface area contributed by atoms with Crippen LogP contribution in [0, 0.1) is 12.7 Å². The smallest absolute Gasteiger partial charge is 0.192 e. The molecule has 3 aromatic rings. The van der Waals surface area contributed by atoms with Crippen LogP contribution in [0.3, 0.4) is 0 Å². The Balaban J connectivity index is 0.00000341. The summed E-state index contributed by atoms with van der Waals surface area (Å²) in [6, 6.07) is 14.7. The minimum atomic E-state index is -0.394. The summed E-state index contributed by atoms with van der Waals surface area (Å²) in [5.41, 5.74) is 1.88. The fourth-order valence-electron chi connectivity index (χ4n) is 2.91. The second-order valence-electron chi connectivity index (χ2n) is 6.99. The minimum Gasteiger partial charge on any atom is -0.494 e. The van der Waals surface area contributed by atoms with E-state index in [1.807, 2.05) is 61.9 Å². The number of hydrogen-bond donors (Lipinski definition) is 2. The molecular formula is C22H28FIN6O. The van der Waals surface area contributed by atoms with Gasteiger partial charge in [-0.1, -0.05) is 36.4 Å². The van der Waals surface area contributed by atoms with Crippen molar-refractivity contribution in [1.29, 1.82) is 0 Å². The van der Waals surface area contributed by atoms with Crippen molar-refractivity contribution in [2.45, 2.75) is 33.0 Å². The van der Waals surface area contributed by atoms with Gasteiger partial charge < -0.3 is 19.9 Å². The van der Waals surface area contributed by atoms with Crippen LogP contribution in [0.15, 0.2) is 53.5 Å². The van der Waals surface area contributed by atoms with Crippen LogP contribution in [0.25, 0.3) is 0 Å². The summed E-state index contributed by atoms with van der Waals surface area (Å²) in [4.78, 5) is 4.69. The Labute approximate surface area is 199 Å². The van der Waals surface area contributed by atoms with Gasteiger partial charge in [0.25, 0.3) is 0 Å². The number of ether oxygens (including phenoxy) is 1. The summed E-state index contributed by atoms with van der Waals surface area (Å²) in [6.07, 6.45) is 0. The lowest BCUT2D eigenvalue weighted by Gasteiger charge is -2.19. The molecule has 1 heterocycles. The van der Waals surface area contributed by atoms with Gasteiger partial charge in [0.05, 0.1) is 26.2 Å². The molecule has 0 radical (unpaired) electrons. The Morgan fingerprint density at radius 1 is 1.19 bits per heavy atom. The van der Waals surface area contributed by atoms with Crippen LogP contribution in [-0.2, 0) is 20.1 Å². The highest BCUT2D eigenvalue weighted by Crippen LogP contribution is 2.21. The van der Waals surface area contributed by atoms with Crippen LogP contribution in [-0.4, -0.2) is 27.8 Å². The van der Waals surface area contributed by atoms with E-state index >= 15 is 0 Å². The molecule has 1 unspecified atom stereocenters. The molecule has 0 saturated heterocycles. The monoisotopic (exact) mass is 538 g/mol. The van der Waals surface area contributed by atoms with Crippen molar-refractivity contribution in [2.24, 2.45) is 12.0 Å². The van der Waals surface area contributed by atoms with E-state index < -0.39 is 5.82 Å². The van der Waals surface area contributed by atoms with Crippen molar-refractivity contribution in [3.63, 3.8) is 0 Å². The Morgan fingerprint density at radius 2 is 1.94 bits per heavy atom. The van der Waals surface area contributed by atoms with E-state index in [9.17, 15) is 4.39 Å². The van der Waals surface area contributed by atoms with Crippen LogP contribution in [0.2, 0.25) is 0 Å². The lowest BCUT2D eigenvalue weighted by Crippen LogP contribution is -2.39. The average Bonchev–Trinajstić information content (AvgIpc) is 3.08. The number of nitrogens with one attached hydrogen (secondary N) is 2. The molecule has 31 heavy (non-hydrogen) atoms. The molecule has 7 nitrogen and oxygen atoms in total. The largest absolute Gasteiger partial charge is 0.494 e. The molecule has 9 heteroatoms. The lowest BCUT2D eigenvalue weighted by atomic mass is 10.1. The molecule has 166 valence electrons. The fraction of sp³-hybridized carbons (Fsp3) is 0.318. The first-order valence-electron chi connectivity index (χ1n) is 9.75. The highest BCUT2D eigenvalue weighted by atomic mass is 127. The summed E-state index contributed by atoms with van der Waals surface area (Å²) in [5, 5.41) is 14.9. The minimum absolute atomic E-state index is 0. The molecule has 0 amide bonds. The summed E-state index contributed by atoms with van der Waals surface area (Å²) >= 11 is 0. The van der Waals surface area contributed by atoms with Crippen molar-refractivity contribution in [3.05, 3.63) is 77.1 Å². The van der Waals surface area contributed by atoms with Crippen LogP contribution < -0.4 is 15.4 Å². The third-order valence-electron chi connectivity index (χ3n) is 4.89. The van der Waals surface area contributed by atoms with E-state index in [0.717, 1.165) is 22.8 Å². The molecule has 1 atom stereocenters. The highest BCUT2D eigenvalue weighted by molar-refractivity contribution is 14.0. The van der Waals surface area contributed by atoms with Crippen LogP contribution >= 0.6 is 24.0 Å². The third-order valence-corrected chi connectivity index (χ3v) is 4.89. The van der Waals surface area contributed by atoms with Gasteiger partial charge in [0.2, 0.25) is 0 Å². The van der Waals surface area contributed by atoms with Gasteiger partial charge in [0, 0.05) is 7.05 Å². The average molecular weight is 538 g/mol. The maximum atomic E-state index is 14.1. The number of benzene rings is 2. The summed E-state index contributed by atoms with van der Waals surface area (Å²) < 4.78 is 21.0. The van der Waals surface area contributed by atoms with Gasteiger partial charge in [0.15, 0.2) is 23.4 Å². The molecular weight excluding hydrogens is 510 g/mol. The standard InChI is InChI=1S/C22H27FN6O.HI/c1-15(18-10-11-20(30-4)19(23)12-18)26-22(24-13-17-8-6-5-7-9-17)25-14-21-28-27-16(2)29(21)3;/h5-12,15H,13-14H2,1-4H3,(H2,24,25,26);1H. The van der Waals surface area contributed by atoms with Crippen molar-refractivity contribution >= 4 is 29.9 Å². The maximum Gasteiger partial charge on any atom is 0.192 e. The number of halogens is 2. The summed E-state index contributed by atoms with van der Waals surface area (Å²) in [6.45, 7) is 4.83. The van der Waals surface area contributed by atoms with E-state index in [-0.39, 0.29) is 35.8 Å². The van der Waals surface area contributed by atoms with Gasteiger partial charge in [-0.2, -0.15) is 0 Å². The zero-order chi connectivity index (χ0) is 21.5. The van der Waals surface area contributed by atoms with Gasteiger partial charge in [-0.25, -0.2) is 9.38 Å². The Hall–Kier alpha value is -2.69. The molecule has 3 rings (SSSR count). The summed E-state index contributed by atoms with van der Waals surface area (Å²) in [7, 11) is 3.37. The topological polar surface area (TPSA) is 76.4 Å². The molecule has 0 aliphatic carbocycles. The molecule has 0 bridgehead atoms. The van der Waals surface area contributed by atoms with Gasteiger partial charge in [-0.3, -0.25) is 0 Å². The first kappa shape index (κ1) is 24.6. The van der Waals surface area contributed by atoms with E-state index in [2.05, 4.69) is 25.8 Å². The molecule has 0 aliphatic heterocycles. The van der Waals surface area contributed by atoms with Crippen LogP contribution in [0.1, 0.15) is 35.7 Å². The third kappa shape index (κ3) is 6.65. The number of aryl methyl sites for hydroxylation is 1. The first-order chi connectivity index (χ1) is 14.5. The van der Waals surface area contributed by atoms with E-state index in [4.69, 9.17) is 4.74 Å². The van der Waals surface area contributed by atoms with Gasteiger partial charge >= 0.3 is 0 Å². The van der Waals surface area contributed by atoms with Crippen molar-refractivity contribution < 1.29 is 9.13 Å². The van der Waals surface area contributed by atoms with Crippen molar-refractivity contribution in [2.75, 3.05) is 7.11 Å². The maximum absolute atomic E-state index is 14.1. The van der Waals surface area contributed by atoms with E-state index in [1.54, 1.807) is 6.07 Å². The second-order valence-corrected chi connectivity index (χ2v) is 6.99. The zero-order valence-electron chi connectivity index (χ0n) is 18.1. The SMILES string of the molecule is COc1ccc(C(C)NC(=NCc2ccccc2)NCc2nnc(C)n2C)cc1F.I. The predicted molar refractivity (Wildman–Crippen MR) is 130 cm³/mol. The molecule has 2 N–H and O–H groups in total. The number of nitrogens with zero attached hydrogens (tertiary/aromatic N) is 4. The molecule has 0 fully saturated rings. The Bertz CT molecular complexity index is 1010. The Kier molecular flexibility index (Phi) is 9.22. The first-order valence-corrected chi connectivity index (χ1v) is 9.75. The van der Waals surface area contributed by atoms with Gasteiger partial charge in [-0.05, 0) is 37.1 Å². The quantitative estimate of drug-likeness (QED) is 0.271. The number of methoxy groups -OCH3 is 1. The lowest BCUT2D eigenvalue weighted by molar-refractivity contribution is 0.386. The van der Waals surface area contributed by atoms with Gasteiger partial charge in [0.1, 0.15) is 5.82 Å². The van der Waals surface area contributed by atoms with Gasteiger partial charge in [-0.15, -0.1) is 34.2 Å². The number of hydrogen-bond acceptors (Lipinski definition) is 4. The fourth-order valence-corrected chi connectivity index (χ4v) is 2.91. The predicted octanol–water partition coefficient (Wildman–Crippen LogP) is 3.89. The van der Waals surface area contributed by atoms with E-state index in [0.29, 0.717) is 19.0 Å². The van der Waals surface area contributed by atoms with E-state index in [1.165, 1.54) is 13.2 Å². The second kappa shape index (κ2) is 11.6. The molecule has 2 aromatic carbocycles. The zero-order valence-corrected chi connectivity index (χ0v) is 20.4. The number of guanidine groups is 1. The van der Waals surface area contributed by atoms with Crippen molar-refractivity contribution in [1.82, 2.24) is 25.4 Å². The van der Waals surface area contributed by atoms with Crippen LogP contribution in [0.4, 0.5) is 4.39 Å². The number of aromatic nitrogens is 3. The van der Waals surface area contributed by atoms with Crippen molar-refractivity contribution in [3.8, 4) is 5.75 Å². The number of rotatable bonds is 7. The highest BCUT2D eigenvalue weighted by Gasteiger charge is 2.13. The molecule has 0 spiro atoms. The Morgan fingerprint density at radius 3 is 2.55 bits per heavy atom. The summed E-state index contributed by atoms with van der Waals surface area (Å²) in [5.74, 6) is 2.06. The molecule has 1 aromatic heterocycles. The van der Waals surface area contributed by atoms with Crippen LogP contribution in [0.5, 0.6) is 5.75 Å². The normalized spacial score (nSPS) is 12.1. The molecule has 0 saturated carbocycles. The number of aliphatic imine (C=N–C) groups is 1. The molecule has 0 aliphatic rings.